The molecule has 1 saturated carbocycles. The highest BCUT2D eigenvalue weighted by Crippen LogP contribution is 2.32. The Hall–Kier alpha value is -1.72. The molecule has 1 aliphatic heterocycles. The van der Waals surface area contributed by atoms with Crippen LogP contribution in [0.4, 0.5) is 5.69 Å². The predicted molar refractivity (Wildman–Crippen MR) is 80.5 cm³/mol. The summed E-state index contributed by atoms with van der Waals surface area (Å²) >= 11 is 10.9. The van der Waals surface area contributed by atoms with E-state index in [1.54, 1.807) is 30.3 Å². The molecule has 2 fully saturated rings. The van der Waals surface area contributed by atoms with E-state index in [2.05, 4.69) is 5.32 Å². The van der Waals surface area contributed by atoms with Gasteiger partial charge in [-0.3, -0.25) is 19.8 Å². The van der Waals surface area contributed by atoms with Crippen LogP contribution >= 0.6 is 23.8 Å². The lowest BCUT2D eigenvalue weighted by Crippen LogP contribution is -2.54. The van der Waals surface area contributed by atoms with Crippen LogP contribution in [-0.2, 0) is 9.59 Å². The fourth-order valence-electron chi connectivity index (χ4n) is 2.00. The monoisotopic (exact) mass is 306 g/mol. The summed E-state index contributed by atoms with van der Waals surface area (Å²) in [6, 6.07) is 6.73. The van der Waals surface area contributed by atoms with Crippen molar-refractivity contribution >= 4 is 46.4 Å². The number of carbonyl (C=O) groups is 2. The molecule has 0 bridgehead atoms. The van der Waals surface area contributed by atoms with E-state index in [1.807, 2.05) is 0 Å². The van der Waals surface area contributed by atoms with Crippen LogP contribution < -0.4 is 10.2 Å². The van der Waals surface area contributed by atoms with Crippen LogP contribution in [0.5, 0.6) is 0 Å². The Morgan fingerprint density at radius 1 is 1.25 bits per heavy atom. The van der Waals surface area contributed by atoms with E-state index in [0.717, 1.165) is 12.8 Å². The van der Waals surface area contributed by atoms with Crippen LogP contribution in [0, 0.1) is 5.92 Å². The minimum Gasteiger partial charge on any atom is -0.298 e. The number of thiocarbonyl (C=S) groups is 1. The fourth-order valence-corrected chi connectivity index (χ4v) is 2.41. The molecule has 1 aromatic carbocycles. The average molecular weight is 307 g/mol. The molecule has 4 nitrogen and oxygen atoms in total. The molecule has 0 aromatic heterocycles. The van der Waals surface area contributed by atoms with Gasteiger partial charge in [0.25, 0.3) is 11.8 Å². The van der Waals surface area contributed by atoms with Crippen molar-refractivity contribution in [1.29, 1.82) is 0 Å². The normalized spacial score (nSPS) is 21.4. The van der Waals surface area contributed by atoms with E-state index in [9.17, 15) is 9.59 Å². The molecule has 2 aliphatic rings. The third kappa shape index (κ3) is 2.46. The van der Waals surface area contributed by atoms with Crippen molar-refractivity contribution in [2.75, 3.05) is 4.90 Å². The number of halogens is 1. The summed E-state index contributed by atoms with van der Waals surface area (Å²) in [6.07, 6.45) is 3.78. The molecule has 0 radical (unpaired) electrons. The fraction of sp³-hybridized carbons (Fsp3) is 0.214. The molecule has 0 atom stereocenters. The summed E-state index contributed by atoms with van der Waals surface area (Å²) in [4.78, 5) is 25.7. The molecular weight excluding hydrogens is 296 g/mol. The minimum absolute atomic E-state index is 0.0928. The van der Waals surface area contributed by atoms with Crippen LogP contribution in [0.15, 0.2) is 35.9 Å². The Labute approximate surface area is 126 Å². The molecule has 1 heterocycles. The van der Waals surface area contributed by atoms with Crippen molar-refractivity contribution < 1.29 is 9.59 Å². The van der Waals surface area contributed by atoms with E-state index >= 15 is 0 Å². The molecule has 6 heteroatoms. The summed E-state index contributed by atoms with van der Waals surface area (Å²) in [5.41, 5.74) is 0.752. The number of anilines is 1. The lowest BCUT2D eigenvalue weighted by atomic mass is 10.1. The molecule has 0 spiro atoms. The Morgan fingerprint density at radius 2 is 1.90 bits per heavy atom. The maximum absolute atomic E-state index is 12.5. The van der Waals surface area contributed by atoms with Crippen LogP contribution in [0.3, 0.4) is 0 Å². The second-order valence-electron chi connectivity index (χ2n) is 4.79. The van der Waals surface area contributed by atoms with Gasteiger partial charge in [-0.15, -0.1) is 0 Å². The number of amides is 2. The largest absolute Gasteiger partial charge is 0.298 e. The Kier molecular flexibility index (Phi) is 3.31. The van der Waals surface area contributed by atoms with E-state index < -0.39 is 5.91 Å². The van der Waals surface area contributed by atoms with Gasteiger partial charge in [-0.25, -0.2) is 0 Å². The first-order chi connectivity index (χ1) is 9.56. The molecule has 1 aliphatic carbocycles. The average Bonchev–Trinajstić information content (AvgIpc) is 3.20. The zero-order valence-corrected chi connectivity index (χ0v) is 12.0. The number of nitrogens with zero attached hydrogens (tertiary/aromatic N) is 1. The predicted octanol–water partition coefficient (Wildman–Crippen LogP) is 2.42. The maximum Gasteiger partial charge on any atom is 0.269 e. The molecule has 3 rings (SSSR count). The van der Waals surface area contributed by atoms with Gasteiger partial charge in [-0.2, -0.15) is 0 Å². The quantitative estimate of drug-likeness (QED) is 0.519. The van der Waals surface area contributed by atoms with Crippen molar-refractivity contribution in [2.24, 2.45) is 5.92 Å². The number of nitrogens with one attached hydrogen (secondary N) is 1. The van der Waals surface area contributed by atoms with E-state index in [0.29, 0.717) is 16.6 Å². The van der Waals surface area contributed by atoms with Gasteiger partial charge in [-0.1, -0.05) is 17.7 Å². The maximum atomic E-state index is 12.5. The SMILES string of the molecule is O=C1NC(=S)N(c2ccc(Cl)cc2)C(=O)/C1=C/C1CC1. The number of carbonyl (C=O) groups excluding carboxylic acids is 2. The van der Waals surface area contributed by atoms with Crippen LogP contribution in [0.1, 0.15) is 12.8 Å². The summed E-state index contributed by atoms with van der Waals surface area (Å²) in [7, 11) is 0. The second kappa shape index (κ2) is 5.00. The van der Waals surface area contributed by atoms with Gasteiger partial charge in [0.1, 0.15) is 5.57 Å². The van der Waals surface area contributed by atoms with Crippen LogP contribution in [0.25, 0.3) is 0 Å². The summed E-state index contributed by atoms with van der Waals surface area (Å²) in [6.45, 7) is 0. The lowest BCUT2D eigenvalue weighted by molar-refractivity contribution is -0.122. The molecule has 0 unspecified atom stereocenters. The van der Waals surface area contributed by atoms with E-state index in [-0.39, 0.29) is 16.6 Å². The van der Waals surface area contributed by atoms with E-state index in [4.69, 9.17) is 23.8 Å². The van der Waals surface area contributed by atoms with Gasteiger partial charge >= 0.3 is 0 Å². The number of hydrogen-bond donors (Lipinski definition) is 1. The van der Waals surface area contributed by atoms with Gasteiger partial charge in [0.2, 0.25) is 0 Å². The Bertz CT molecular complexity index is 635. The highest BCUT2D eigenvalue weighted by Gasteiger charge is 2.36. The molecule has 2 amide bonds. The van der Waals surface area contributed by atoms with Gasteiger partial charge in [0.05, 0.1) is 5.69 Å². The second-order valence-corrected chi connectivity index (χ2v) is 5.62. The van der Waals surface area contributed by atoms with Crippen LogP contribution in [0.2, 0.25) is 5.02 Å². The lowest BCUT2D eigenvalue weighted by Gasteiger charge is -2.28. The highest BCUT2D eigenvalue weighted by atomic mass is 35.5. The third-order valence-electron chi connectivity index (χ3n) is 3.21. The molecule has 102 valence electrons. The van der Waals surface area contributed by atoms with Crippen molar-refractivity contribution in [3.63, 3.8) is 0 Å². The number of benzene rings is 1. The van der Waals surface area contributed by atoms with Crippen molar-refractivity contribution in [3.05, 3.63) is 40.9 Å². The molecule has 1 saturated heterocycles. The Morgan fingerprint density at radius 3 is 2.50 bits per heavy atom. The standard InChI is InChI=1S/C14H11ClN2O2S/c15-9-3-5-10(6-4-9)17-13(19)11(7-8-1-2-8)12(18)16-14(17)20/h3-8H,1-2H2,(H,16,18,20)/b11-7+. The van der Waals surface area contributed by atoms with Crippen molar-refractivity contribution in [1.82, 2.24) is 5.32 Å². The molecule has 20 heavy (non-hydrogen) atoms. The number of rotatable bonds is 2. The van der Waals surface area contributed by atoms with Crippen molar-refractivity contribution in [2.45, 2.75) is 12.8 Å². The summed E-state index contributed by atoms with van der Waals surface area (Å²) in [5, 5.41) is 3.22. The topological polar surface area (TPSA) is 49.4 Å². The molecular formula is C14H11ClN2O2S. The molecule has 1 aromatic rings. The van der Waals surface area contributed by atoms with E-state index in [1.165, 1.54) is 4.90 Å². The first-order valence-corrected chi connectivity index (χ1v) is 7.02. The van der Waals surface area contributed by atoms with Crippen molar-refractivity contribution in [3.8, 4) is 0 Å². The number of allylic oxidation sites excluding steroid dienone is 1. The third-order valence-corrected chi connectivity index (χ3v) is 3.75. The zero-order valence-electron chi connectivity index (χ0n) is 10.4. The zero-order chi connectivity index (χ0) is 14.3. The minimum atomic E-state index is -0.419. The Balaban J connectivity index is 1.96. The first-order valence-electron chi connectivity index (χ1n) is 6.23. The number of hydrogen-bond acceptors (Lipinski definition) is 3. The van der Waals surface area contributed by atoms with Gasteiger partial charge < -0.3 is 0 Å². The van der Waals surface area contributed by atoms with Gasteiger partial charge in [-0.05, 0) is 55.2 Å². The van der Waals surface area contributed by atoms with Crippen LogP contribution in [-0.4, -0.2) is 16.9 Å². The van der Waals surface area contributed by atoms with Gasteiger partial charge in [0, 0.05) is 5.02 Å². The molecule has 1 N–H and O–H groups in total. The first kappa shape index (κ1) is 13.3. The van der Waals surface area contributed by atoms with Gasteiger partial charge in [0.15, 0.2) is 5.11 Å². The highest BCUT2D eigenvalue weighted by molar-refractivity contribution is 7.80. The smallest absolute Gasteiger partial charge is 0.269 e. The summed E-state index contributed by atoms with van der Waals surface area (Å²) in [5.74, 6) is -0.469. The summed E-state index contributed by atoms with van der Waals surface area (Å²) < 4.78 is 0.